The summed E-state index contributed by atoms with van der Waals surface area (Å²) in [5, 5.41) is 11.4. The first-order valence-corrected chi connectivity index (χ1v) is 15.0. The number of rotatable bonds is 8. The number of benzene rings is 3. The lowest BCUT2D eigenvalue weighted by Crippen LogP contribution is -2.38. The highest BCUT2D eigenvalue weighted by atomic mass is 19.1. The van der Waals surface area contributed by atoms with Gasteiger partial charge in [-0.05, 0) is 61.7 Å². The van der Waals surface area contributed by atoms with Crippen molar-refractivity contribution < 1.29 is 13.9 Å². The van der Waals surface area contributed by atoms with Crippen molar-refractivity contribution in [2.45, 2.75) is 37.9 Å². The quantitative estimate of drug-likeness (QED) is 0.184. The monoisotopic (exact) mass is 588 g/mol. The minimum absolute atomic E-state index is 0.168. The number of hydrogen-bond acceptors (Lipinski definition) is 7. The van der Waals surface area contributed by atoms with E-state index in [1.165, 1.54) is 0 Å². The largest absolute Gasteiger partial charge is 0.437 e. The summed E-state index contributed by atoms with van der Waals surface area (Å²) in [4.78, 5) is 27.0. The van der Waals surface area contributed by atoms with E-state index >= 15 is 4.39 Å². The molecule has 8 nitrogen and oxygen atoms in total. The Morgan fingerprint density at radius 2 is 1.86 bits per heavy atom. The second-order valence-corrected chi connectivity index (χ2v) is 11.5. The van der Waals surface area contributed by atoms with Crippen LogP contribution in [0, 0.1) is 12.8 Å². The van der Waals surface area contributed by atoms with Crippen LogP contribution in [0.4, 0.5) is 16.0 Å². The Hall–Kier alpha value is -4.89. The van der Waals surface area contributed by atoms with Gasteiger partial charge in [0.15, 0.2) is 0 Å². The van der Waals surface area contributed by atoms with Gasteiger partial charge in [-0.3, -0.25) is 4.79 Å². The number of piperidine rings is 1. The van der Waals surface area contributed by atoms with Crippen molar-refractivity contribution >= 4 is 28.3 Å². The van der Waals surface area contributed by atoms with Crippen LogP contribution >= 0.6 is 0 Å². The number of nitrogens with one attached hydrogen (secondary N) is 3. The Labute approximate surface area is 255 Å². The molecule has 1 amide bonds. The van der Waals surface area contributed by atoms with Crippen LogP contribution < -0.4 is 20.7 Å². The summed E-state index contributed by atoms with van der Waals surface area (Å²) in [7, 11) is 0. The van der Waals surface area contributed by atoms with Crippen molar-refractivity contribution in [3.63, 3.8) is 0 Å². The summed E-state index contributed by atoms with van der Waals surface area (Å²) in [6, 6.07) is 24.3. The fourth-order valence-electron chi connectivity index (χ4n) is 5.98. The van der Waals surface area contributed by atoms with E-state index in [0.717, 1.165) is 47.8 Å². The fraction of sp³-hybridized carbons (Fsp3) is 0.257. The van der Waals surface area contributed by atoms with Gasteiger partial charge >= 0.3 is 0 Å². The molecule has 0 unspecified atom stereocenters. The number of amides is 1. The van der Waals surface area contributed by atoms with Crippen LogP contribution in [0.3, 0.4) is 0 Å². The van der Waals surface area contributed by atoms with Crippen LogP contribution in [-0.2, 0) is 10.5 Å². The van der Waals surface area contributed by atoms with Crippen molar-refractivity contribution in [2.75, 3.05) is 23.7 Å². The molecule has 2 aromatic heterocycles. The number of hydrogen-bond donors (Lipinski definition) is 3. The van der Waals surface area contributed by atoms with Crippen molar-refractivity contribution in [1.29, 1.82) is 0 Å². The maximum Gasteiger partial charge on any atom is 0.231 e. The molecule has 5 aromatic rings. The fourth-order valence-corrected chi connectivity index (χ4v) is 5.98. The summed E-state index contributed by atoms with van der Waals surface area (Å²) in [5.74, 6) is 0.516. The molecule has 2 aliphatic rings. The van der Waals surface area contributed by atoms with Gasteiger partial charge in [0.2, 0.25) is 17.7 Å². The predicted molar refractivity (Wildman–Crippen MR) is 170 cm³/mol. The molecule has 3 aromatic carbocycles. The predicted octanol–water partition coefficient (Wildman–Crippen LogP) is 6.78. The van der Waals surface area contributed by atoms with Gasteiger partial charge in [-0.2, -0.15) is 0 Å². The van der Waals surface area contributed by atoms with Gasteiger partial charge in [-0.1, -0.05) is 54.6 Å². The zero-order valence-electron chi connectivity index (χ0n) is 24.4. The standard InChI is InChI=1S/C35H33FN6O2/c1-22-14-15-25-26(11-5-13-29(25)41-32(43)28-20-35(28,36)23-8-3-2-4-9-23)31(22)44-33-27(12-7-18-38-33)30-16-19-39-34(42-30)40-24-10-6-17-37-21-24/h2-5,7-9,11-16,18-19,24,28,37H,6,10,17,20-21H2,1H3,(H,41,43)(H,39,40,42)/t24-,28-,35+/m0/s1. The molecule has 3 heterocycles. The highest BCUT2D eigenvalue weighted by Crippen LogP contribution is 2.56. The summed E-state index contributed by atoms with van der Waals surface area (Å²) in [5.41, 5.74) is 1.83. The van der Waals surface area contributed by atoms with Crippen LogP contribution in [-0.4, -0.2) is 40.0 Å². The van der Waals surface area contributed by atoms with E-state index < -0.39 is 11.6 Å². The molecule has 222 valence electrons. The van der Waals surface area contributed by atoms with E-state index in [2.05, 4.69) is 25.9 Å². The number of aryl methyl sites for hydroxylation is 1. The number of pyridine rings is 1. The van der Waals surface area contributed by atoms with Crippen molar-refractivity contribution in [2.24, 2.45) is 5.92 Å². The first kappa shape index (κ1) is 27.9. The Kier molecular flexibility index (Phi) is 7.39. The normalized spacial score (nSPS) is 21.0. The van der Waals surface area contributed by atoms with E-state index in [1.807, 2.05) is 61.5 Å². The maximum absolute atomic E-state index is 15.5. The third-order valence-electron chi connectivity index (χ3n) is 8.46. The smallest absolute Gasteiger partial charge is 0.231 e. The molecule has 9 heteroatoms. The highest BCUT2D eigenvalue weighted by Gasteiger charge is 2.60. The number of aromatic nitrogens is 3. The molecule has 0 radical (unpaired) electrons. The van der Waals surface area contributed by atoms with Crippen LogP contribution in [0.25, 0.3) is 22.0 Å². The van der Waals surface area contributed by atoms with E-state index in [9.17, 15) is 4.79 Å². The first-order chi connectivity index (χ1) is 21.5. The minimum Gasteiger partial charge on any atom is -0.437 e. The summed E-state index contributed by atoms with van der Waals surface area (Å²) >= 11 is 0. The van der Waals surface area contributed by atoms with Gasteiger partial charge in [0, 0.05) is 47.9 Å². The van der Waals surface area contributed by atoms with Gasteiger partial charge in [0.25, 0.3) is 0 Å². The molecule has 1 aliphatic heterocycles. The molecule has 7 rings (SSSR count). The third kappa shape index (κ3) is 5.46. The number of carbonyl (C=O) groups excluding carboxylic acids is 1. The van der Waals surface area contributed by atoms with Crippen molar-refractivity contribution in [3.05, 3.63) is 102 Å². The van der Waals surface area contributed by atoms with Gasteiger partial charge in [0.1, 0.15) is 11.4 Å². The molecule has 1 aliphatic carbocycles. The van der Waals surface area contributed by atoms with Crippen molar-refractivity contribution in [1.82, 2.24) is 20.3 Å². The SMILES string of the molecule is Cc1ccc2c(NC(=O)[C@@H]3C[C@@]3(F)c3ccccc3)cccc2c1Oc1ncccc1-c1ccnc(N[C@H]2CCCNC2)n1. The number of nitrogens with zero attached hydrogens (tertiary/aromatic N) is 3. The summed E-state index contributed by atoms with van der Waals surface area (Å²) in [6.45, 7) is 3.87. The molecule has 3 N–H and O–H groups in total. The number of halogens is 1. The lowest BCUT2D eigenvalue weighted by molar-refractivity contribution is -0.118. The highest BCUT2D eigenvalue weighted by molar-refractivity contribution is 6.06. The Bertz CT molecular complexity index is 1830. The lowest BCUT2D eigenvalue weighted by Gasteiger charge is -2.23. The topological polar surface area (TPSA) is 101 Å². The second kappa shape index (κ2) is 11.7. The summed E-state index contributed by atoms with van der Waals surface area (Å²) in [6.07, 6.45) is 5.76. The van der Waals surface area contributed by atoms with Crippen LogP contribution in [0.2, 0.25) is 0 Å². The third-order valence-corrected chi connectivity index (χ3v) is 8.46. The Morgan fingerprint density at radius 1 is 0.977 bits per heavy atom. The van der Waals surface area contributed by atoms with Crippen molar-refractivity contribution in [3.8, 4) is 22.9 Å². The molecule has 1 saturated heterocycles. The van der Waals surface area contributed by atoms with Gasteiger partial charge < -0.3 is 20.7 Å². The first-order valence-electron chi connectivity index (χ1n) is 15.0. The molecule has 3 atom stereocenters. The molecular weight excluding hydrogens is 555 g/mol. The van der Waals surface area contributed by atoms with Gasteiger partial charge in [0.05, 0.1) is 17.2 Å². The number of carbonyl (C=O) groups is 1. The van der Waals surface area contributed by atoms with E-state index in [0.29, 0.717) is 34.5 Å². The number of fused-ring (bicyclic) bond motifs is 1. The lowest BCUT2D eigenvalue weighted by atomic mass is 10.0. The summed E-state index contributed by atoms with van der Waals surface area (Å²) < 4.78 is 22.1. The average Bonchev–Trinajstić information content (AvgIpc) is 3.76. The minimum atomic E-state index is -1.64. The molecule has 2 fully saturated rings. The van der Waals surface area contributed by atoms with Gasteiger partial charge in [-0.15, -0.1) is 0 Å². The Morgan fingerprint density at radius 3 is 2.70 bits per heavy atom. The molecule has 0 bridgehead atoms. The van der Waals surface area contributed by atoms with E-state index in [-0.39, 0.29) is 18.4 Å². The van der Waals surface area contributed by atoms with Crippen LogP contribution in [0.15, 0.2) is 91.3 Å². The van der Waals surface area contributed by atoms with E-state index in [4.69, 9.17) is 9.72 Å². The average molecular weight is 589 g/mol. The number of anilines is 2. The zero-order chi connectivity index (χ0) is 30.1. The number of alkyl halides is 1. The zero-order valence-corrected chi connectivity index (χ0v) is 24.4. The van der Waals surface area contributed by atoms with Crippen LogP contribution in [0.1, 0.15) is 30.4 Å². The molecule has 1 saturated carbocycles. The Balaban J connectivity index is 1.16. The van der Waals surface area contributed by atoms with Crippen LogP contribution in [0.5, 0.6) is 11.6 Å². The van der Waals surface area contributed by atoms with Gasteiger partial charge in [-0.25, -0.2) is 19.3 Å². The number of ether oxygens (including phenoxy) is 1. The second-order valence-electron chi connectivity index (χ2n) is 11.5. The molecule has 44 heavy (non-hydrogen) atoms. The molecular formula is C35H33FN6O2. The maximum atomic E-state index is 15.5. The van der Waals surface area contributed by atoms with E-state index in [1.54, 1.807) is 36.7 Å². The molecule has 0 spiro atoms.